The van der Waals surface area contributed by atoms with Gasteiger partial charge >= 0.3 is 5.97 Å². The second-order valence-electron chi connectivity index (χ2n) is 4.40. The molecule has 0 spiro atoms. The first-order valence-corrected chi connectivity index (χ1v) is 5.80. The molecule has 92 valence electrons. The first-order chi connectivity index (χ1) is 7.81. The highest BCUT2D eigenvalue weighted by Gasteiger charge is 2.34. The summed E-state index contributed by atoms with van der Waals surface area (Å²) >= 11 is 0. The van der Waals surface area contributed by atoms with Gasteiger partial charge in [0.05, 0.1) is 32.3 Å². The number of nitrogens with one attached hydrogen (secondary N) is 1. The van der Waals surface area contributed by atoms with Crippen LogP contribution in [0.1, 0.15) is 6.42 Å². The summed E-state index contributed by atoms with van der Waals surface area (Å²) in [4.78, 5) is 11.8. The van der Waals surface area contributed by atoms with Crippen LogP contribution in [0.5, 0.6) is 0 Å². The smallest absolute Gasteiger partial charge is 0.312 e. The Labute approximate surface area is 95.4 Å². The normalized spacial score (nSPS) is 34.2. The molecule has 0 saturated carbocycles. The molecule has 0 amide bonds. The molecule has 0 aromatic heterocycles. The van der Waals surface area contributed by atoms with E-state index in [1.54, 1.807) is 0 Å². The lowest BCUT2D eigenvalue weighted by atomic mass is 10.0. The standard InChI is InChI=1S/C11H19NO4/c1-12-10-7-15-6-9(10)11(13)16-5-8-2-3-14-4-8/h8-10,12H,2-7H2,1H3. The zero-order valence-electron chi connectivity index (χ0n) is 9.61. The summed E-state index contributed by atoms with van der Waals surface area (Å²) in [5, 5.41) is 3.07. The van der Waals surface area contributed by atoms with Gasteiger partial charge in [-0.05, 0) is 13.5 Å². The van der Waals surface area contributed by atoms with E-state index >= 15 is 0 Å². The van der Waals surface area contributed by atoms with E-state index < -0.39 is 0 Å². The number of carbonyl (C=O) groups is 1. The summed E-state index contributed by atoms with van der Waals surface area (Å²) in [6, 6.07) is 0.0901. The molecule has 0 aliphatic carbocycles. The second kappa shape index (κ2) is 5.61. The molecule has 0 bridgehead atoms. The van der Waals surface area contributed by atoms with Gasteiger partial charge in [0.2, 0.25) is 0 Å². The fraction of sp³-hybridized carbons (Fsp3) is 0.909. The summed E-state index contributed by atoms with van der Waals surface area (Å²) < 4.78 is 15.8. The number of rotatable bonds is 4. The van der Waals surface area contributed by atoms with E-state index in [2.05, 4.69) is 5.32 Å². The Balaban J connectivity index is 1.74. The van der Waals surface area contributed by atoms with Gasteiger partial charge in [-0.15, -0.1) is 0 Å². The summed E-state index contributed by atoms with van der Waals surface area (Å²) in [6.45, 7) is 3.03. The van der Waals surface area contributed by atoms with Gasteiger partial charge in [0.15, 0.2) is 0 Å². The molecule has 2 saturated heterocycles. The lowest BCUT2D eigenvalue weighted by Gasteiger charge is -2.16. The zero-order valence-corrected chi connectivity index (χ0v) is 9.61. The average Bonchev–Trinajstić information content (AvgIpc) is 2.96. The molecular formula is C11H19NO4. The Hall–Kier alpha value is -0.650. The van der Waals surface area contributed by atoms with Crippen LogP contribution in [0, 0.1) is 11.8 Å². The zero-order chi connectivity index (χ0) is 11.4. The average molecular weight is 229 g/mol. The molecule has 0 radical (unpaired) electrons. The summed E-state index contributed by atoms with van der Waals surface area (Å²) in [5.41, 5.74) is 0. The van der Waals surface area contributed by atoms with E-state index in [1.807, 2.05) is 7.05 Å². The molecule has 2 rings (SSSR count). The van der Waals surface area contributed by atoms with Gasteiger partial charge < -0.3 is 19.5 Å². The van der Waals surface area contributed by atoms with Crippen LogP contribution in [0.15, 0.2) is 0 Å². The fourth-order valence-electron chi connectivity index (χ4n) is 2.09. The maximum Gasteiger partial charge on any atom is 0.312 e. The molecule has 0 aromatic rings. The Morgan fingerprint density at radius 2 is 2.25 bits per heavy atom. The van der Waals surface area contributed by atoms with Crippen molar-refractivity contribution >= 4 is 5.97 Å². The molecule has 1 N–H and O–H groups in total. The van der Waals surface area contributed by atoms with Gasteiger partial charge in [0.25, 0.3) is 0 Å². The molecule has 2 aliphatic heterocycles. The highest BCUT2D eigenvalue weighted by atomic mass is 16.5. The van der Waals surface area contributed by atoms with E-state index in [0.717, 1.165) is 13.0 Å². The molecule has 3 atom stereocenters. The largest absolute Gasteiger partial charge is 0.465 e. The van der Waals surface area contributed by atoms with Crippen molar-refractivity contribution < 1.29 is 19.0 Å². The second-order valence-corrected chi connectivity index (χ2v) is 4.40. The number of ether oxygens (including phenoxy) is 3. The SMILES string of the molecule is CNC1COCC1C(=O)OCC1CCOC1. The van der Waals surface area contributed by atoms with E-state index in [4.69, 9.17) is 14.2 Å². The molecule has 0 aromatic carbocycles. The van der Waals surface area contributed by atoms with E-state index in [9.17, 15) is 4.79 Å². The topological polar surface area (TPSA) is 56.8 Å². The van der Waals surface area contributed by atoms with Crippen molar-refractivity contribution in [1.82, 2.24) is 5.32 Å². The Bertz CT molecular complexity index is 240. The van der Waals surface area contributed by atoms with Crippen molar-refractivity contribution in [3.63, 3.8) is 0 Å². The molecule has 5 heteroatoms. The third-order valence-electron chi connectivity index (χ3n) is 3.24. The molecule has 16 heavy (non-hydrogen) atoms. The Morgan fingerprint density at radius 1 is 1.38 bits per heavy atom. The lowest BCUT2D eigenvalue weighted by molar-refractivity contribution is -0.150. The highest BCUT2D eigenvalue weighted by molar-refractivity contribution is 5.73. The lowest BCUT2D eigenvalue weighted by Crippen LogP contribution is -2.38. The maximum atomic E-state index is 11.8. The van der Waals surface area contributed by atoms with Gasteiger partial charge in [-0.3, -0.25) is 4.79 Å². The minimum absolute atomic E-state index is 0.0901. The van der Waals surface area contributed by atoms with Gasteiger partial charge in [-0.25, -0.2) is 0 Å². The first-order valence-electron chi connectivity index (χ1n) is 5.80. The summed E-state index contributed by atoms with van der Waals surface area (Å²) in [5.74, 6) is 0.0652. The van der Waals surface area contributed by atoms with E-state index in [0.29, 0.717) is 32.3 Å². The van der Waals surface area contributed by atoms with Crippen molar-refractivity contribution in [3.8, 4) is 0 Å². The van der Waals surface area contributed by atoms with E-state index in [-0.39, 0.29) is 17.9 Å². The van der Waals surface area contributed by atoms with Crippen molar-refractivity contribution in [2.45, 2.75) is 12.5 Å². The fourth-order valence-corrected chi connectivity index (χ4v) is 2.09. The minimum atomic E-state index is -0.160. The highest BCUT2D eigenvalue weighted by Crippen LogP contribution is 2.17. The van der Waals surface area contributed by atoms with Crippen molar-refractivity contribution in [3.05, 3.63) is 0 Å². The number of hydrogen-bond donors (Lipinski definition) is 1. The maximum absolute atomic E-state index is 11.8. The van der Waals surface area contributed by atoms with Crippen LogP contribution in [0.2, 0.25) is 0 Å². The van der Waals surface area contributed by atoms with Crippen molar-refractivity contribution in [2.75, 3.05) is 40.1 Å². The van der Waals surface area contributed by atoms with Crippen molar-refractivity contribution in [1.29, 1.82) is 0 Å². The quantitative estimate of drug-likeness (QED) is 0.677. The molecule has 2 heterocycles. The molecule has 2 fully saturated rings. The van der Waals surface area contributed by atoms with Crippen LogP contribution in [0.3, 0.4) is 0 Å². The molecule has 2 aliphatic rings. The Kier molecular flexibility index (Phi) is 4.15. The van der Waals surface area contributed by atoms with Gasteiger partial charge in [-0.2, -0.15) is 0 Å². The number of likely N-dealkylation sites (N-methyl/N-ethyl adjacent to an activating group) is 1. The van der Waals surface area contributed by atoms with Crippen LogP contribution < -0.4 is 5.32 Å². The predicted octanol–water partition coefficient (Wildman–Crippen LogP) is -0.200. The molecular weight excluding hydrogens is 210 g/mol. The molecule has 3 unspecified atom stereocenters. The van der Waals surface area contributed by atoms with Gasteiger partial charge in [-0.1, -0.05) is 0 Å². The van der Waals surface area contributed by atoms with Crippen LogP contribution in [0.4, 0.5) is 0 Å². The Morgan fingerprint density at radius 3 is 2.94 bits per heavy atom. The monoisotopic (exact) mass is 229 g/mol. The van der Waals surface area contributed by atoms with Gasteiger partial charge in [0, 0.05) is 18.6 Å². The molecule has 5 nitrogen and oxygen atoms in total. The van der Waals surface area contributed by atoms with Crippen LogP contribution in [-0.4, -0.2) is 52.1 Å². The first kappa shape index (κ1) is 11.8. The van der Waals surface area contributed by atoms with Crippen molar-refractivity contribution in [2.24, 2.45) is 11.8 Å². The third kappa shape index (κ3) is 2.72. The minimum Gasteiger partial charge on any atom is -0.465 e. The van der Waals surface area contributed by atoms with E-state index in [1.165, 1.54) is 0 Å². The number of carbonyl (C=O) groups excluding carboxylic acids is 1. The number of esters is 1. The van der Waals surface area contributed by atoms with Crippen LogP contribution in [0.25, 0.3) is 0 Å². The van der Waals surface area contributed by atoms with Gasteiger partial charge in [0.1, 0.15) is 0 Å². The summed E-state index contributed by atoms with van der Waals surface area (Å²) in [6.07, 6.45) is 0.990. The van der Waals surface area contributed by atoms with Crippen LogP contribution in [-0.2, 0) is 19.0 Å². The van der Waals surface area contributed by atoms with Crippen LogP contribution >= 0.6 is 0 Å². The third-order valence-corrected chi connectivity index (χ3v) is 3.24. The summed E-state index contributed by atoms with van der Waals surface area (Å²) in [7, 11) is 1.84. The number of hydrogen-bond acceptors (Lipinski definition) is 5. The predicted molar refractivity (Wildman–Crippen MR) is 57.0 cm³/mol.